The number of carbonyl (C=O) groups is 1. The third-order valence-corrected chi connectivity index (χ3v) is 7.43. The lowest BCUT2D eigenvalue weighted by Crippen LogP contribution is -2.45. The first-order valence-electron chi connectivity index (χ1n) is 13.0. The largest absolute Gasteiger partial charge is 0.507 e. The van der Waals surface area contributed by atoms with Gasteiger partial charge in [0.15, 0.2) is 11.5 Å². The van der Waals surface area contributed by atoms with Crippen LogP contribution in [0.15, 0.2) is 41.5 Å². The first-order valence-corrected chi connectivity index (χ1v) is 13.0. The second kappa shape index (κ2) is 10.6. The summed E-state index contributed by atoms with van der Waals surface area (Å²) in [6, 6.07) is 6.97. The lowest BCUT2D eigenvalue weighted by Gasteiger charge is -2.33. The van der Waals surface area contributed by atoms with Crippen molar-refractivity contribution in [2.24, 2.45) is 5.10 Å². The number of nitrogens with one attached hydrogen (secondary N) is 1. The Morgan fingerprint density at radius 3 is 2.71 bits per heavy atom. The average molecular weight is 522 g/mol. The monoisotopic (exact) mass is 521 g/mol. The molecule has 3 atom stereocenters. The van der Waals surface area contributed by atoms with Crippen molar-refractivity contribution in [1.82, 2.24) is 10.3 Å². The highest BCUT2D eigenvalue weighted by molar-refractivity contribution is 6.10. The molecule has 3 heterocycles. The zero-order valence-corrected chi connectivity index (χ0v) is 22.4. The van der Waals surface area contributed by atoms with E-state index in [9.17, 15) is 9.90 Å². The van der Waals surface area contributed by atoms with Gasteiger partial charge in [-0.3, -0.25) is 4.79 Å². The predicted molar refractivity (Wildman–Crippen MR) is 144 cm³/mol. The number of amides is 1. The van der Waals surface area contributed by atoms with Gasteiger partial charge in [0.05, 0.1) is 32.4 Å². The summed E-state index contributed by atoms with van der Waals surface area (Å²) < 4.78 is 23.2. The van der Waals surface area contributed by atoms with Crippen LogP contribution in [-0.4, -0.2) is 67.8 Å². The van der Waals surface area contributed by atoms with E-state index in [2.05, 4.69) is 18.8 Å². The van der Waals surface area contributed by atoms with Crippen LogP contribution in [0, 0.1) is 0 Å². The van der Waals surface area contributed by atoms with E-state index in [1.807, 2.05) is 25.1 Å². The maximum atomic E-state index is 13.3. The van der Waals surface area contributed by atoms with Gasteiger partial charge in [-0.15, -0.1) is 0 Å². The van der Waals surface area contributed by atoms with Crippen LogP contribution in [0.4, 0.5) is 0 Å². The Morgan fingerprint density at radius 1 is 1.24 bits per heavy atom. The molecule has 3 aliphatic rings. The van der Waals surface area contributed by atoms with Crippen molar-refractivity contribution in [3.8, 4) is 28.7 Å². The highest BCUT2D eigenvalue weighted by Gasteiger charge is 2.47. The van der Waals surface area contributed by atoms with E-state index in [1.165, 1.54) is 5.01 Å². The lowest BCUT2D eigenvalue weighted by molar-refractivity contribution is -0.132. The van der Waals surface area contributed by atoms with Crippen molar-refractivity contribution in [2.75, 3.05) is 33.9 Å². The fraction of sp³-hybridized carbons (Fsp3) is 0.448. The molecular formula is C29H35N3O6. The Labute approximate surface area is 223 Å². The van der Waals surface area contributed by atoms with Gasteiger partial charge in [-0.25, -0.2) is 5.01 Å². The predicted octanol–water partition coefficient (Wildman–Crippen LogP) is 3.77. The molecule has 0 aromatic heterocycles. The van der Waals surface area contributed by atoms with Gasteiger partial charge in [-0.1, -0.05) is 19.9 Å². The molecule has 9 heteroatoms. The van der Waals surface area contributed by atoms with E-state index < -0.39 is 0 Å². The van der Waals surface area contributed by atoms with Crippen molar-refractivity contribution in [1.29, 1.82) is 0 Å². The lowest BCUT2D eigenvalue weighted by atomic mass is 9.82. The van der Waals surface area contributed by atoms with Crippen LogP contribution in [0.1, 0.15) is 49.3 Å². The Morgan fingerprint density at radius 2 is 2.00 bits per heavy atom. The Kier molecular flexibility index (Phi) is 7.21. The molecule has 1 amide bonds. The minimum absolute atomic E-state index is 0.118. The first-order chi connectivity index (χ1) is 18.4. The first kappa shape index (κ1) is 25.9. The quantitative estimate of drug-likeness (QED) is 0.383. The number of carbonyl (C=O) groups excluding carboxylic acids is 1. The molecule has 0 aliphatic carbocycles. The maximum Gasteiger partial charge on any atom is 0.257 e. The number of unbranched alkanes of at least 4 members (excludes halogenated alkanes) is 1. The summed E-state index contributed by atoms with van der Waals surface area (Å²) in [4.78, 5) is 13.3. The van der Waals surface area contributed by atoms with Gasteiger partial charge < -0.3 is 29.4 Å². The highest BCUT2D eigenvalue weighted by Crippen LogP contribution is 2.48. The molecule has 0 bridgehead atoms. The fourth-order valence-corrected chi connectivity index (χ4v) is 5.34. The SMILES string of the molecule is C=C(C)[C@H]1Cc2c(ccc(C3=NN(C(=O)CNCCCC)C4COc5cc(OC)c(OC)cc5C34)c2O)O1. The van der Waals surface area contributed by atoms with Gasteiger partial charge in [0.25, 0.3) is 5.91 Å². The number of ether oxygens (including phenoxy) is 4. The van der Waals surface area contributed by atoms with Gasteiger partial charge in [0.1, 0.15) is 36.0 Å². The third kappa shape index (κ3) is 4.45. The fourth-order valence-electron chi connectivity index (χ4n) is 5.34. The number of hydrogen-bond donors (Lipinski definition) is 2. The number of hydrazone groups is 1. The van der Waals surface area contributed by atoms with Gasteiger partial charge in [-0.2, -0.15) is 5.10 Å². The number of fused-ring (bicyclic) bond motifs is 4. The van der Waals surface area contributed by atoms with Crippen molar-refractivity contribution in [3.05, 3.63) is 53.1 Å². The van der Waals surface area contributed by atoms with E-state index in [1.54, 1.807) is 20.3 Å². The van der Waals surface area contributed by atoms with Crippen LogP contribution in [0.5, 0.6) is 28.7 Å². The highest BCUT2D eigenvalue weighted by atomic mass is 16.5. The summed E-state index contributed by atoms with van der Waals surface area (Å²) in [5.74, 6) is 2.02. The van der Waals surface area contributed by atoms with E-state index in [4.69, 9.17) is 24.0 Å². The molecule has 9 nitrogen and oxygen atoms in total. The summed E-state index contributed by atoms with van der Waals surface area (Å²) in [7, 11) is 3.16. The second-order valence-electron chi connectivity index (χ2n) is 9.95. The molecular weight excluding hydrogens is 486 g/mol. The van der Waals surface area contributed by atoms with Crippen LogP contribution in [-0.2, 0) is 11.2 Å². The van der Waals surface area contributed by atoms with E-state index in [0.717, 1.165) is 36.1 Å². The molecule has 2 aromatic rings. The summed E-state index contributed by atoms with van der Waals surface area (Å²) >= 11 is 0. The smallest absolute Gasteiger partial charge is 0.257 e. The molecule has 0 fully saturated rings. The zero-order chi connectivity index (χ0) is 27.0. The summed E-state index contributed by atoms with van der Waals surface area (Å²) in [6.07, 6.45) is 2.38. The molecule has 0 saturated carbocycles. The molecule has 0 spiro atoms. The van der Waals surface area contributed by atoms with E-state index >= 15 is 0 Å². The number of hydrogen-bond acceptors (Lipinski definition) is 8. The van der Waals surface area contributed by atoms with Gasteiger partial charge in [-0.05, 0) is 43.7 Å². The summed E-state index contributed by atoms with van der Waals surface area (Å²) in [5.41, 5.74) is 3.62. The number of methoxy groups -OCH3 is 2. The number of phenols is 1. The molecule has 202 valence electrons. The molecule has 38 heavy (non-hydrogen) atoms. The Bertz CT molecular complexity index is 1290. The zero-order valence-electron chi connectivity index (χ0n) is 22.4. The summed E-state index contributed by atoms with van der Waals surface area (Å²) in [6.45, 7) is 9.22. The second-order valence-corrected chi connectivity index (χ2v) is 9.95. The van der Waals surface area contributed by atoms with Crippen LogP contribution >= 0.6 is 0 Å². The van der Waals surface area contributed by atoms with Crippen molar-refractivity contribution in [3.63, 3.8) is 0 Å². The third-order valence-electron chi connectivity index (χ3n) is 7.43. The van der Waals surface area contributed by atoms with Crippen LogP contribution in [0.3, 0.4) is 0 Å². The van der Waals surface area contributed by atoms with Gasteiger partial charge in [0, 0.05) is 29.2 Å². The molecule has 3 aliphatic heterocycles. The van der Waals surface area contributed by atoms with Gasteiger partial charge >= 0.3 is 0 Å². The summed E-state index contributed by atoms with van der Waals surface area (Å²) in [5, 5.41) is 21.0. The number of phenolic OH excluding ortho intramolecular Hbond substituents is 1. The molecule has 2 aromatic carbocycles. The number of nitrogens with zero attached hydrogens (tertiary/aromatic N) is 2. The van der Waals surface area contributed by atoms with Gasteiger partial charge in [0.2, 0.25) is 0 Å². The number of benzene rings is 2. The standard InChI is InChI=1S/C29H35N3O6/c1-6-7-10-30-14-26(33)32-20-15-37-23-13-25(36-5)24(35-4)11-18(23)27(20)28(31-32)17-8-9-21-19(29(17)34)12-22(38-21)16(2)3/h8-9,11,13,20,22,27,30,34H,2,6-7,10,12,14-15H2,1,3-5H3/t20?,22-,27?/m1/s1. The average Bonchev–Trinajstić information content (AvgIpc) is 3.53. The molecule has 2 unspecified atom stereocenters. The van der Waals surface area contributed by atoms with Crippen molar-refractivity contribution >= 4 is 11.6 Å². The molecule has 0 saturated heterocycles. The van der Waals surface area contributed by atoms with Crippen LogP contribution < -0.4 is 24.3 Å². The van der Waals surface area contributed by atoms with Crippen molar-refractivity contribution < 1.29 is 28.8 Å². The number of rotatable bonds is 9. The maximum absolute atomic E-state index is 13.3. The number of aromatic hydroxyl groups is 1. The van der Waals surface area contributed by atoms with E-state index in [0.29, 0.717) is 40.7 Å². The Balaban J connectivity index is 1.57. The Hall–Kier alpha value is -3.72. The van der Waals surface area contributed by atoms with Crippen LogP contribution in [0.2, 0.25) is 0 Å². The van der Waals surface area contributed by atoms with Crippen molar-refractivity contribution in [2.45, 2.75) is 51.2 Å². The molecule has 0 radical (unpaired) electrons. The molecule has 2 N–H and O–H groups in total. The minimum Gasteiger partial charge on any atom is -0.507 e. The minimum atomic E-state index is -0.372. The topological polar surface area (TPSA) is 102 Å². The van der Waals surface area contributed by atoms with Crippen LogP contribution in [0.25, 0.3) is 0 Å². The molecule has 5 rings (SSSR count). The van der Waals surface area contributed by atoms with E-state index in [-0.39, 0.29) is 42.9 Å². The normalized spacial score (nSPS) is 21.0.